The Morgan fingerprint density at radius 2 is 1.94 bits per heavy atom. The Bertz CT molecular complexity index is 553. The molecule has 2 nitrogen and oxygen atoms in total. The summed E-state index contributed by atoms with van der Waals surface area (Å²) in [4.78, 5) is 14.4. The SMILES string of the molecule is O=Cc1cnc(-c2ccc(F)c(F)c2F)s1. The molecule has 0 aliphatic rings. The molecule has 0 N–H and O–H groups in total. The van der Waals surface area contributed by atoms with Crippen LogP contribution in [0.4, 0.5) is 13.2 Å². The van der Waals surface area contributed by atoms with Crippen molar-refractivity contribution in [2.45, 2.75) is 0 Å². The third-order valence-electron chi connectivity index (χ3n) is 1.91. The second-order valence-corrected chi connectivity index (χ2v) is 3.97. The van der Waals surface area contributed by atoms with Gasteiger partial charge in [-0.15, -0.1) is 11.3 Å². The molecule has 0 unspecified atom stereocenters. The summed E-state index contributed by atoms with van der Waals surface area (Å²) in [6.07, 6.45) is 1.80. The predicted octanol–water partition coefficient (Wildman–Crippen LogP) is 3.04. The van der Waals surface area contributed by atoms with Crippen LogP contribution < -0.4 is 0 Å². The van der Waals surface area contributed by atoms with E-state index in [2.05, 4.69) is 4.98 Å². The largest absolute Gasteiger partial charge is 0.297 e. The van der Waals surface area contributed by atoms with E-state index < -0.39 is 17.5 Å². The molecule has 0 saturated heterocycles. The van der Waals surface area contributed by atoms with Crippen molar-refractivity contribution in [1.29, 1.82) is 0 Å². The maximum Gasteiger partial charge on any atom is 0.195 e. The number of benzene rings is 1. The molecule has 0 bridgehead atoms. The van der Waals surface area contributed by atoms with Crippen LogP contribution in [0.15, 0.2) is 18.3 Å². The second kappa shape index (κ2) is 4.05. The van der Waals surface area contributed by atoms with Crippen LogP contribution in [0.1, 0.15) is 9.67 Å². The monoisotopic (exact) mass is 243 g/mol. The molecule has 16 heavy (non-hydrogen) atoms. The van der Waals surface area contributed by atoms with E-state index in [9.17, 15) is 18.0 Å². The number of carbonyl (C=O) groups excluding carboxylic acids is 1. The molecule has 6 heteroatoms. The lowest BCUT2D eigenvalue weighted by molar-refractivity contribution is 0.112. The highest BCUT2D eigenvalue weighted by atomic mass is 32.1. The smallest absolute Gasteiger partial charge is 0.195 e. The van der Waals surface area contributed by atoms with E-state index in [0.29, 0.717) is 11.2 Å². The predicted molar refractivity (Wildman–Crippen MR) is 52.8 cm³/mol. The van der Waals surface area contributed by atoms with Crippen LogP contribution in [-0.4, -0.2) is 11.3 Å². The Morgan fingerprint density at radius 1 is 1.19 bits per heavy atom. The molecule has 0 atom stereocenters. The first-order chi connectivity index (χ1) is 7.63. The van der Waals surface area contributed by atoms with Gasteiger partial charge in [-0.25, -0.2) is 18.2 Å². The van der Waals surface area contributed by atoms with Gasteiger partial charge in [0.05, 0.1) is 4.88 Å². The van der Waals surface area contributed by atoms with Crippen molar-refractivity contribution in [3.8, 4) is 10.6 Å². The summed E-state index contributed by atoms with van der Waals surface area (Å²) in [6.45, 7) is 0. The molecule has 2 rings (SSSR count). The van der Waals surface area contributed by atoms with Crippen molar-refractivity contribution in [2.24, 2.45) is 0 Å². The van der Waals surface area contributed by atoms with Gasteiger partial charge in [0.25, 0.3) is 0 Å². The van der Waals surface area contributed by atoms with Crippen molar-refractivity contribution < 1.29 is 18.0 Å². The average molecular weight is 243 g/mol. The van der Waals surface area contributed by atoms with Gasteiger partial charge in [-0.3, -0.25) is 4.79 Å². The van der Waals surface area contributed by atoms with E-state index in [-0.39, 0.29) is 10.6 Å². The molecule has 1 aromatic carbocycles. The normalized spacial score (nSPS) is 10.4. The number of aldehydes is 1. The van der Waals surface area contributed by atoms with Crippen LogP contribution in [-0.2, 0) is 0 Å². The lowest BCUT2D eigenvalue weighted by atomic mass is 10.2. The van der Waals surface area contributed by atoms with Crippen LogP contribution in [0.3, 0.4) is 0 Å². The summed E-state index contributed by atoms with van der Waals surface area (Å²) < 4.78 is 38.9. The van der Waals surface area contributed by atoms with E-state index in [0.717, 1.165) is 23.5 Å². The maximum atomic E-state index is 13.3. The van der Waals surface area contributed by atoms with Gasteiger partial charge in [-0.1, -0.05) is 0 Å². The van der Waals surface area contributed by atoms with E-state index >= 15 is 0 Å². The standard InChI is InChI=1S/C10H4F3NOS/c11-7-2-1-6(8(12)9(7)13)10-14-3-5(4-15)16-10/h1-4H. The zero-order valence-electron chi connectivity index (χ0n) is 7.71. The minimum absolute atomic E-state index is 0.138. The van der Waals surface area contributed by atoms with Crippen LogP contribution in [0.5, 0.6) is 0 Å². The summed E-state index contributed by atoms with van der Waals surface area (Å²) >= 11 is 0.906. The van der Waals surface area contributed by atoms with Gasteiger partial charge in [0.2, 0.25) is 0 Å². The fourth-order valence-corrected chi connectivity index (χ4v) is 1.91. The number of rotatable bonds is 2. The maximum absolute atomic E-state index is 13.3. The molecule has 0 aliphatic carbocycles. The van der Waals surface area contributed by atoms with E-state index in [1.165, 1.54) is 6.20 Å². The number of hydrogen-bond acceptors (Lipinski definition) is 3. The lowest BCUT2D eigenvalue weighted by Crippen LogP contribution is -1.93. The number of aromatic nitrogens is 1. The molecule has 0 radical (unpaired) electrons. The minimum atomic E-state index is -1.54. The number of nitrogens with zero attached hydrogens (tertiary/aromatic N) is 1. The van der Waals surface area contributed by atoms with Crippen molar-refractivity contribution in [2.75, 3.05) is 0 Å². The van der Waals surface area contributed by atoms with Gasteiger partial charge in [0.1, 0.15) is 5.01 Å². The summed E-state index contributed by atoms with van der Waals surface area (Å²) in [7, 11) is 0. The fourth-order valence-electron chi connectivity index (χ4n) is 1.16. The zero-order chi connectivity index (χ0) is 11.7. The molecular formula is C10H4F3NOS. The quantitative estimate of drug-likeness (QED) is 0.599. The average Bonchev–Trinajstić information content (AvgIpc) is 2.74. The van der Waals surface area contributed by atoms with Gasteiger partial charge >= 0.3 is 0 Å². The van der Waals surface area contributed by atoms with E-state index in [1.54, 1.807) is 0 Å². The highest BCUT2D eigenvalue weighted by Crippen LogP contribution is 2.28. The fraction of sp³-hybridized carbons (Fsp3) is 0. The minimum Gasteiger partial charge on any atom is -0.297 e. The first-order valence-electron chi connectivity index (χ1n) is 4.18. The number of halogens is 3. The summed E-state index contributed by atoms with van der Waals surface area (Å²) in [5, 5.41) is 0.138. The van der Waals surface area contributed by atoms with Crippen LogP contribution in [0.2, 0.25) is 0 Å². The van der Waals surface area contributed by atoms with Crippen LogP contribution in [0, 0.1) is 17.5 Å². The van der Waals surface area contributed by atoms with Crippen molar-refractivity contribution in [3.63, 3.8) is 0 Å². The van der Waals surface area contributed by atoms with Crippen molar-refractivity contribution in [1.82, 2.24) is 4.98 Å². The first-order valence-corrected chi connectivity index (χ1v) is 5.00. The van der Waals surface area contributed by atoms with Crippen molar-refractivity contribution in [3.05, 3.63) is 40.7 Å². The highest BCUT2D eigenvalue weighted by Gasteiger charge is 2.16. The second-order valence-electron chi connectivity index (χ2n) is 2.91. The highest BCUT2D eigenvalue weighted by molar-refractivity contribution is 7.16. The van der Waals surface area contributed by atoms with Crippen LogP contribution in [0.25, 0.3) is 10.6 Å². The number of carbonyl (C=O) groups is 1. The number of thiazole rings is 1. The van der Waals surface area contributed by atoms with Gasteiger partial charge in [0, 0.05) is 11.8 Å². The molecule has 0 saturated carbocycles. The van der Waals surface area contributed by atoms with Gasteiger partial charge in [-0.2, -0.15) is 0 Å². The molecular weight excluding hydrogens is 239 g/mol. The number of hydrogen-bond donors (Lipinski definition) is 0. The zero-order valence-corrected chi connectivity index (χ0v) is 8.52. The summed E-state index contributed by atoms with van der Waals surface area (Å²) in [5.74, 6) is -4.10. The molecule has 82 valence electrons. The van der Waals surface area contributed by atoms with E-state index in [4.69, 9.17) is 0 Å². The molecule has 1 heterocycles. The van der Waals surface area contributed by atoms with Crippen LogP contribution >= 0.6 is 11.3 Å². The first kappa shape index (κ1) is 10.8. The Kier molecular flexibility index (Phi) is 2.74. The van der Waals surface area contributed by atoms with Gasteiger partial charge < -0.3 is 0 Å². The Morgan fingerprint density at radius 3 is 2.56 bits per heavy atom. The lowest BCUT2D eigenvalue weighted by Gasteiger charge is -2.00. The third-order valence-corrected chi connectivity index (χ3v) is 2.86. The molecule has 1 aromatic heterocycles. The van der Waals surface area contributed by atoms with Gasteiger partial charge in [0.15, 0.2) is 23.7 Å². The van der Waals surface area contributed by atoms with E-state index in [1.807, 2.05) is 0 Å². The Labute approximate surface area is 92.4 Å². The Balaban J connectivity index is 2.56. The third kappa shape index (κ3) is 1.71. The molecule has 2 aromatic rings. The summed E-state index contributed by atoms with van der Waals surface area (Å²) in [6, 6.07) is 1.90. The topological polar surface area (TPSA) is 30.0 Å². The Hall–Kier alpha value is -1.69. The molecule has 0 fully saturated rings. The molecule has 0 amide bonds. The molecule has 0 aliphatic heterocycles. The summed E-state index contributed by atoms with van der Waals surface area (Å²) in [5.41, 5.74) is -0.156. The molecule has 0 spiro atoms. The van der Waals surface area contributed by atoms with Gasteiger partial charge in [-0.05, 0) is 12.1 Å². The van der Waals surface area contributed by atoms with Crippen molar-refractivity contribution >= 4 is 17.6 Å².